The predicted octanol–water partition coefficient (Wildman–Crippen LogP) is -0.390. The fraction of sp³-hybridized carbons (Fsp3) is 1.00. The molecule has 0 bridgehead atoms. The molecule has 0 aromatic carbocycles. The monoisotopic (exact) mass is 232 g/mol. The van der Waals surface area contributed by atoms with E-state index in [-0.39, 0.29) is 0 Å². The van der Waals surface area contributed by atoms with Crippen LogP contribution in [0, 0.1) is 5.92 Å². The van der Waals surface area contributed by atoms with E-state index in [1.54, 1.807) is 20.8 Å². The molecule has 1 atom stereocenters. The highest BCUT2D eigenvalue weighted by Gasteiger charge is 2.37. The number of aliphatic hydroxyl groups is 2. The first kappa shape index (κ1) is 18.3. The first-order chi connectivity index (χ1) is 7.08. The van der Waals surface area contributed by atoms with Crippen molar-refractivity contribution in [3.05, 3.63) is 0 Å². The van der Waals surface area contributed by atoms with Crippen LogP contribution in [-0.2, 0) is 4.57 Å². The summed E-state index contributed by atoms with van der Waals surface area (Å²) in [6.07, 6.45) is 0.622. The zero-order valence-electron chi connectivity index (χ0n) is 10.6. The van der Waals surface area contributed by atoms with Crippen LogP contribution in [0.5, 0.6) is 0 Å². The molecule has 94 valence electrons. The summed E-state index contributed by atoms with van der Waals surface area (Å²) in [6, 6.07) is 0. The van der Waals surface area contributed by atoms with Crippen molar-refractivity contribution in [2.75, 3.05) is 0 Å². The van der Waals surface area contributed by atoms with Crippen molar-refractivity contribution in [2.45, 2.75) is 52.2 Å². The van der Waals surface area contributed by atoms with Gasteiger partial charge in [0, 0.05) is 0 Å². The summed E-state index contributed by atoms with van der Waals surface area (Å²) in [7, 11) is 0.750. The Balaban J connectivity index is 0. The van der Waals surface area contributed by atoms with E-state index >= 15 is 0 Å². The van der Waals surface area contributed by atoms with Gasteiger partial charge in [-0.3, -0.25) is 0 Å². The van der Waals surface area contributed by atoms with Crippen LogP contribution in [0.1, 0.15) is 41.0 Å². The molecule has 0 aliphatic carbocycles. The molecule has 5 nitrogen and oxygen atoms in total. The van der Waals surface area contributed by atoms with Gasteiger partial charge in [-0.2, -0.15) is 0 Å². The number of hydrogen-bond donors (Lipinski definition) is 4. The molecule has 1 unspecified atom stereocenters. The van der Waals surface area contributed by atoms with Crippen LogP contribution in [0.4, 0.5) is 0 Å². The van der Waals surface area contributed by atoms with E-state index in [4.69, 9.17) is 10.0 Å². The summed E-state index contributed by atoms with van der Waals surface area (Å²) in [5.41, 5.74) is -2.00. The van der Waals surface area contributed by atoms with Crippen LogP contribution >= 0.6 is 0 Å². The van der Waals surface area contributed by atoms with Crippen molar-refractivity contribution >= 4 is 15.4 Å². The Bertz CT molecular complexity index is 166. The summed E-state index contributed by atoms with van der Waals surface area (Å²) in [5.74, 6) is 0.399. The number of hydrogen-bond acceptors (Lipinski definition) is 5. The summed E-state index contributed by atoms with van der Waals surface area (Å²) in [6.45, 7) is 9.00. The lowest BCUT2D eigenvalue weighted by atomic mass is 9.81. The molecule has 0 aliphatic rings. The van der Waals surface area contributed by atoms with Crippen molar-refractivity contribution in [3.63, 3.8) is 0 Å². The maximum Gasteiger partial charge on any atom is 0.469 e. The summed E-state index contributed by atoms with van der Waals surface area (Å²) in [5, 5.41) is 34.4. The minimum Gasteiger partial charge on any atom is -0.456 e. The standard InChI is InChI=1S/C9H20O2.B2H2O3/c1-7(2)6-9(5,11)8(3,4)10;3-1-5-2-4/h7,10-11H,6H2,1-5H3;3-4H. The minimum atomic E-state index is -1.02. The lowest BCUT2D eigenvalue weighted by molar-refractivity contribution is -0.129. The second-order valence-corrected chi connectivity index (χ2v) is 4.78. The van der Waals surface area contributed by atoms with Gasteiger partial charge in [-0.15, -0.1) is 0 Å². The van der Waals surface area contributed by atoms with Crippen LogP contribution in [0.2, 0.25) is 0 Å². The average Bonchev–Trinajstić information content (AvgIpc) is 2.01. The maximum atomic E-state index is 9.77. The molecule has 0 fully saturated rings. The van der Waals surface area contributed by atoms with Crippen LogP contribution in [0.3, 0.4) is 0 Å². The van der Waals surface area contributed by atoms with Gasteiger partial charge in [0.25, 0.3) is 0 Å². The van der Waals surface area contributed by atoms with E-state index in [1.165, 1.54) is 0 Å². The quantitative estimate of drug-likeness (QED) is 0.484. The van der Waals surface area contributed by atoms with Gasteiger partial charge in [0.05, 0.1) is 11.2 Å². The van der Waals surface area contributed by atoms with Gasteiger partial charge in [0.2, 0.25) is 0 Å². The van der Waals surface area contributed by atoms with E-state index in [2.05, 4.69) is 4.57 Å². The molecule has 0 aliphatic heterocycles. The third-order valence-electron chi connectivity index (χ3n) is 2.25. The van der Waals surface area contributed by atoms with Gasteiger partial charge in [-0.25, -0.2) is 0 Å². The lowest BCUT2D eigenvalue weighted by Crippen LogP contribution is -2.48. The molecule has 16 heavy (non-hydrogen) atoms. The molecule has 0 rings (SSSR count). The van der Waals surface area contributed by atoms with Gasteiger partial charge >= 0.3 is 15.4 Å². The van der Waals surface area contributed by atoms with E-state index in [0.717, 1.165) is 0 Å². The van der Waals surface area contributed by atoms with Crippen molar-refractivity contribution in [3.8, 4) is 0 Å². The van der Waals surface area contributed by atoms with Crippen LogP contribution in [-0.4, -0.2) is 46.8 Å². The molecule has 0 spiro atoms. The third-order valence-corrected chi connectivity index (χ3v) is 2.25. The Kier molecular flexibility index (Phi) is 9.25. The Labute approximate surface area is 99.1 Å². The van der Waals surface area contributed by atoms with Gasteiger partial charge in [0.1, 0.15) is 0 Å². The second kappa shape index (κ2) is 8.08. The molecular formula is C9H22B2O5. The average molecular weight is 232 g/mol. The highest BCUT2D eigenvalue weighted by atomic mass is 16.5. The molecule has 2 radical (unpaired) electrons. The fourth-order valence-electron chi connectivity index (χ4n) is 1.07. The third kappa shape index (κ3) is 9.18. The zero-order valence-corrected chi connectivity index (χ0v) is 10.6. The first-order valence-electron chi connectivity index (χ1n) is 5.10. The van der Waals surface area contributed by atoms with E-state index in [0.29, 0.717) is 27.7 Å². The highest BCUT2D eigenvalue weighted by Crippen LogP contribution is 2.27. The maximum absolute atomic E-state index is 9.77. The van der Waals surface area contributed by atoms with Crippen molar-refractivity contribution in [2.24, 2.45) is 5.92 Å². The van der Waals surface area contributed by atoms with Crippen molar-refractivity contribution in [1.29, 1.82) is 0 Å². The normalized spacial score (nSPS) is 14.9. The Morgan fingerprint density at radius 3 is 1.50 bits per heavy atom. The summed E-state index contributed by atoms with van der Waals surface area (Å²) in [4.78, 5) is 0. The smallest absolute Gasteiger partial charge is 0.456 e. The Hall–Kier alpha value is -0.0701. The zero-order chi connectivity index (χ0) is 13.4. The molecule has 0 amide bonds. The molecule has 4 N–H and O–H groups in total. The number of rotatable bonds is 5. The molecule has 0 heterocycles. The van der Waals surface area contributed by atoms with Gasteiger partial charge < -0.3 is 24.8 Å². The summed E-state index contributed by atoms with van der Waals surface area (Å²) < 4.78 is 3.69. The van der Waals surface area contributed by atoms with E-state index in [1.807, 2.05) is 13.8 Å². The molecule has 7 heteroatoms. The molecule has 0 aromatic heterocycles. The van der Waals surface area contributed by atoms with E-state index < -0.39 is 11.2 Å². The minimum absolute atomic E-state index is 0.375. The first-order valence-corrected chi connectivity index (χ1v) is 5.10. The molecule has 0 saturated carbocycles. The van der Waals surface area contributed by atoms with Gasteiger partial charge in [0.15, 0.2) is 0 Å². The molecule has 0 aromatic rings. The van der Waals surface area contributed by atoms with Crippen LogP contribution in [0.15, 0.2) is 0 Å². The van der Waals surface area contributed by atoms with E-state index in [9.17, 15) is 10.2 Å². The van der Waals surface area contributed by atoms with Gasteiger partial charge in [-0.1, -0.05) is 13.8 Å². The van der Waals surface area contributed by atoms with Crippen molar-refractivity contribution < 1.29 is 24.8 Å². The Morgan fingerprint density at radius 2 is 1.44 bits per heavy atom. The molecule has 0 saturated heterocycles. The van der Waals surface area contributed by atoms with Gasteiger partial charge in [-0.05, 0) is 33.1 Å². The predicted molar refractivity (Wildman–Crippen MR) is 63.4 cm³/mol. The van der Waals surface area contributed by atoms with Crippen molar-refractivity contribution in [1.82, 2.24) is 0 Å². The summed E-state index contributed by atoms with van der Waals surface area (Å²) >= 11 is 0. The Morgan fingerprint density at radius 1 is 1.06 bits per heavy atom. The lowest BCUT2D eigenvalue weighted by Gasteiger charge is -2.36. The second-order valence-electron chi connectivity index (χ2n) is 4.78. The largest absolute Gasteiger partial charge is 0.469 e. The SMILES string of the molecule is CC(C)CC(C)(O)C(C)(C)O.O[B]O[B]O. The molecular weight excluding hydrogens is 210 g/mol. The van der Waals surface area contributed by atoms with Crippen LogP contribution in [0.25, 0.3) is 0 Å². The fourth-order valence-corrected chi connectivity index (χ4v) is 1.07. The highest BCUT2D eigenvalue weighted by molar-refractivity contribution is 6.32. The van der Waals surface area contributed by atoms with Crippen LogP contribution < -0.4 is 0 Å². The topological polar surface area (TPSA) is 90.2 Å².